The van der Waals surface area contributed by atoms with Crippen molar-refractivity contribution in [1.82, 2.24) is 41.7 Å². The van der Waals surface area contributed by atoms with E-state index in [0.29, 0.717) is 12.8 Å². The van der Waals surface area contributed by atoms with Crippen molar-refractivity contribution in [3.63, 3.8) is 0 Å². The third-order valence-corrected chi connectivity index (χ3v) is 16.0. The SMILES string of the molecule is CN[C@@H](C)C(=O)N[C@H](C(=O)N1C[C@@H](CC(=O)c2cc(=O)cc(C(=O)C[C@H]3C[C@@H](C(=O)N[C@@H]4CCCc5ccccc54)N(C(=O)[C@@H](NC(=O)[C@H](C)NC)C(C)(C)C)C3)o2)C[C@H]1C(=O)N[C@@H]1CCCc2ccccc21)C(C)(C)C. The minimum Gasteiger partial charge on any atom is -0.450 e. The van der Waals surface area contributed by atoms with E-state index in [-0.39, 0.29) is 74.2 Å². The van der Waals surface area contributed by atoms with Gasteiger partial charge in [0, 0.05) is 38.1 Å². The number of fused-ring (bicyclic) bond motifs is 2. The van der Waals surface area contributed by atoms with Crippen molar-refractivity contribution < 1.29 is 42.8 Å². The van der Waals surface area contributed by atoms with Crippen molar-refractivity contribution in [3.05, 3.63) is 105 Å². The molecule has 77 heavy (non-hydrogen) atoms. The van der Waals surface area contributed by atoms with E-state index in [1.165, 1.54) is 9.80 Å². The maximum Gasteiger partial charge on any atom is 0.246 e. The molecule has 416 valence electrons. The molecule has 2 aromatic carbocycles. The van der Waals surface area contributed by atoms with E-state index in [1.807, 2.05) is 90.1 Å². The highest BCUT2D eigenvalue weighted by molar-refractivity contribution is 5.98. The Bertz CT molecular complexity index is 2600. The molecule has 2 aliphatic heterocycles. The maximum absolute atomic E-state index is 14.7. The van der Waals surface area contributed by atoms with Gasteiger partial charge in [-0.3, -0.25) is 43.2 Å². The maximum atomic E-state index is 14.7. The van der Waals surface area contributed by atoms with Crippen LogP contribution in [-0.4, -0.2) is 120 Å². The van der Waals surface area contributed by atoms with Gasteiger partial charge in [-0.25, -0.2) is 0 Å². The zero-order chi connectivity index (χ0) is 56.1. The van der Waals surface area contributed by atoms with Gasteiger partial charge in [-0.05, 0) is 124 Å². The molecule has 18 heteroatoms. The second kappa shape index (κ2) is 24.4. The van der Waals surface area contributed by atoms with E-state index < -0.39 is 99.5 Å². The van der Waals surface area contributed by atoms with E-state index in [1.54, 1.807) is 27.9 Å². The first-order valence-electron chi connectivity index (χ1n) is 27.4. The zero-order valence-corrected chi connectivity index (χ0v) is 46.5. The number of ketones is 2. The first kappa shape index (κ1) is 58.2. The molecule has 6 amide bonds. The van der Waals surface area contributed by atoms with Gasteiger partial charge in [0.25, 0.3) is 0 Å². The number of nitrogens with zero attached hydrogens (tertiary/aromatic N) is 2. The van der Waals surface area contributed by atoms with Crippen LogP contribution in [0.25, 0.3) is 0 Å². The monoisotopic (exact) mass is 1060 g/mol. The average Bonchev–Trinajstić information content (AvgIpc) is 4.06. The van der Waals surface area contributed by atoms with Crippen molar-refractivity contribution >= 4 is 47.0 Å². The van der Waals surface area contributed by atoms with E-state index in [9.17, 15) is 43.2 Å². The fourth-order valence-electron chi connectivity index (χ4n) is 11.4. The topological polar surface area (TPSA) is 245 Å². The lowest BCUT2D eigenvalue weighted by Gasteiger charge is -2.36. The summed E-state index contributed by atoms with van der Waals surface area (Å²) in [5.41, 5.74) is 2.12. The molecule has 2 saturated heterocycles. The summed E-state index contributed by atoms with van der Waals surface area (Å²) in [4.78, 5) is 130. The number of Topliss-reactive ketones (excluding diaryl/α,β-unsaturated/α-hetero) is 2. The van der Waals surface area contributed by atoms with Gasteiger partial charge in [-0.2, -0.15) is 0 Å². The molecule has 3 heterocycles. The van der Waals surface area contributed by atoms with Crippen LogP contribution in [-0.2, 0) is 41.6 Å². The number of aryl methyl sites for hydroxylation is 2. The van der Waals surface area contributed by atoms with Crippen LogP contribution in [0.2, 0.25) is 0 Å². The molecule has 2 aliphatic carbocycles. The Morgan fingerprint density at radius 3 is 1.34 bits per heavy atom. The quantitative estimate of drug-likeness (QED) is 0.0934. The third-order valence-electron chi connectivity index (χ3n) is 16.0. The summed E-state index contributed by atoms with van der Waals surface area (Å²) in [6.45, 7) is 14.3. The second-order valence-corrected chi connectivity index (χ2v) is 23.9. The second-order valence-electron chi connectivity index (χ2n) is 23.9. The number of amides is 6. The minimum absolute atomic E-state index is 0.00995. The number of benzene rings is 2. The predicted octanol–water partition coefficient (Wildman–Crippen LogP) is 4.88. The summed E-state index contributed by atoms with van der Waals surface area (Å²) in [6.07, 6.45) is 4.65. The molecule has 0 unspecified atom stereocenters. The lowest BCUT2D eigenvalue weighted by molar-refractivity contribution is -0.144. The fraction of sp³-hybridized carbons (Fsp3) is 0.576. The standard InChI is InChI=1S/C59H80N8O10/c1-33(60-9)52(71)64-50(58(3,4)5)56(75)66-31-35(25-44(66)54(73)62-42-23-15-19-37-17-11-13-21-40(37)42)27-46(69)48-29-39(68)30-49(77-48)47(70)28-36-26-45(55(74)63-43-24-16-20-38-18-12-14-22-41(38)43)67(32-36)57(76)51(59(6,7)8)65-53(72)34(2)61-10/h11-14,17-18,21-22,29-30,33-36,42-45,50-51,60-61H,15-16,19-20,23-28,31-32H2,1-10H3,(H,62,73)(H,63,74)(H,64,71)(H,65,72)/t33-,34-,35+,36+,42+,43+,44-,45-,50+,51+/m0/s1. The highest BCUT2D eigenvalue weighted by Crippen LogP contribution is 2.36. The Morgan fingerprint density at radius 1 is 0.597 bits per heavy atom. The normalized spacial score (nSPS) is 22.8. The number of hydrogen-bond donors (Lipinski definition) is 6. The van der Waals surface area contributed by atoms with Crippen LogP contribution in [0.4, 0.5) is 0 Å². The highest BCUT2D eigenvalue weighted by atomic mass is 16.4. The predicted molar refractivity (Wildman–Crippen MR) is 290 cm³/mol. The van der Waals surface area contributed by atoms with E-state index in [0.717, 1.165) is 60.1 Å². The van der Waals surface area contributed by atoms with Crippen LogP contribution >= 0.6 is 0 Å². The molecule has 0 spiro atoms. The van der Waals surface area contributed by atoms with Crippen LogP contribution in [0.1, 0.15) is 162 Å². The zero-order valence-electron chi connectivity index (χ0n) is 46.5. The molecular weight excluding hydrogens is 981 g/mol. The van der Waals surface area contributed by atoms with Crippen LogP contribution in [0.3, 0.4) is 0 Å². The van der Waals surface area contributed by atoms with Crippen molar-refractivity contribution in [3.8, 4) is 0 Å². The number of nitrogens with one attached hydrogen (secondary N) is 6. The lowest BCUT2D eigenvalue weighted by Crippen LogP contribution is -2.59. The number of carbonyl (C=O) groups excluding carboxylic acids is 8. The molecule has 7 rings (SSSR count). The number of likely N-dealkylation sites (N-methyl/N-ethyl adjacent to an activating group) is 2. The average molecular weight is 1060 g/mol. The summed E-state index contributed by atoms with van der Waals surface area (Å²) in [7, 11) is 3.28. The molecule has 1 aromatic heterocycles. The van der Waals surface area contributed by atoms with Gasteiger partial charge < -0.3 is 46.1 Å². The molecule has 0 saturated carbocycles. The Morgan fingerprint density at radius 2 is 0.974 bits per heavy atom. The number of carbonyl (C=O) groups is 8. The van der Waals surface area contributed by atoms with Gasteiger partial charge in [-0.1, -0.05) is 90.1 Å². The van der Waals surface area contributed by atoms with E-state index in [2.05, 4.69) is 31.9 Å². The summed E-state index contributed by atoms with van der Waals surface area (Å²) in [5, 5.41) is 18.0. The van der Waals surface area contributed by atoms with Crippen molar-refractivity contribution in [2.24, 2.45) is 22.7 Å². The van der Waals surface area contributed by atoms with Crippen molar-refractivity contribution in [1.29, 1.82) is 0 Å². The molecule has 4 aliphatic rings. The molecule has 0 bridgehead atoms. The Labute approximate surface area is 452 Å². The van der Waals surface area contributed by atoms with Gasteiger partial charge in [0.05, 0.1) is 24.2 Å². The molecule has 3 aromatic rings. The van der Waals surface area contributed by atoms with Crippen LogP contribution in [0, 0.1) is 22.7 Å². The Kier molecular flexibility index (Phi) is 18.4. The molecular formula is C59H80N8O10. The largest absolute Gasteiger partial charge is 0.450 e. The summed E-state index contributed by atoms with van der Waals surface area (Å²) in [5.74, 6) is -5.59. The lowest BCUT2D eigenvalue weighted by atomic mass is 9.85. The van der Waals surface area contributed by atoms with Gasteiger partial charge >= 0.3 is 0 Å². The van der Waals surface area contributed by atoms with Crippen LogP contribution in [0.15, 0.2) is 69.9 Å². The smallest absolute Gasteiger partial charge is 0.246 e. The minimum atomic E-state index is -1.02. The van der Waals surface area contributed by atoms with Crippen molar-refractivity contribution in [2.45, 2.75) is 168 Å². The number of hydrogen-bond acceptors (Lipinski definition) is 12. The summed E-state index contributed by atoms with van der Waals surface area (Å²) >= 11 is 0. The van der Waals surface area contributed by atoms with Crippen LogP contribution < -0.4 is 37.3 Å². The van der Waals surface area contributed by atoms with Gasteiger partial charge in [0.2, 0.25) is 35.4 Å². The molecule has 6 N–H and O–H groups in total. The third kappa shape index (κ3) is 13.8. The summed E-state index contributed by atoms with van der Waals surface area (Å²) < 4.78 is 5.96. The Balaban J connectivity index is 1.10. The molecule has 10 atom stereocenters. The van der Waals surface area contributed by atoms with Gasteiger partial charge in [0.15, 0.2) is 28.5 Å². The van der Waals surface area contributed by atoms with Crippen molar-refractivity contribution in [2.75, 3.05) is 27.2 Å². The number of likely N-dealkylation sites (tertiary alicyclic amines) is 2. The molecule has 2 fully saturated rings. The van der Waals surface area contributed by atoms with Gasteiger partial charge in [0.1, 0.15) is 24.2 Å². The summed E-state index contributed by atoms with van der Waals surface area (Å²) in [6, 6.07) is 12.1. The first-order valence-corrected chi connectivity index (χ1v) is 27.4. The van der Waals surface area contributed by atoms with E-state index in [4.69, 9.17) is 4.42 Å². The molecule has 18 nitrogen and oxygen atoms in total. The van der Waals surface area contributed by atoms with Crippen LogP contribution in [0.5, 0.6) is 0 Å². The molecule has 0 radical (unpaired) electrons. The first-order chi connectivity index (χ1) is 36.4. The Hall–Kier alpha value is -6.53. The number of rotatable bonds is 18. The fourth-order valence-corrected chi connectivity index (χ4v) is 11.4. The van der Waals surface area contributed by atoms with Gasteiger partial charge in [-0.15, -0.1) is 0 Å². The van der Waals surface area contributed by atoms with E-state index >= 15 is 0 Å². The highest BCUT2D eigenvalue weighted by Gasteiger charge is 2.48.